The van der Waals surface area contributed by atoms with Gasteiger partial charge in [0.05, 0.1) is 11.4 Å². The monoisotopic (exact) mass is 715 g/mol. The van der Waals surface area contributed by atoms with Crippen LogP contribution < -0.4 is 4.90 Å². The van der Waals surface area contributed by atoms with Gasteiger partial charge in [0, 0.05) is 16.7 Å². The predicted molar refractivity (Wildman–Crippen MR) is 231 cm³/mol. The first-order valence-electron chi connectivity index (χ1n) is 21.2. The van der Waals surface area contributed by atoms with Crippen LogP contribution in [0.4, 0.5) is 17.1 Å². The Morgan fingerprint density at radius 2 is 1.00 bits per heavy atom. The number of hydrogen-bond donors (Lipinski definition) is 0. The lowest BCUT2D eigenvalue weighted by molar-refractivity contribution is -0.0399. The number of nitrogens with zero attached hydrogens (tertiary/aromatic N) is 1. The van der Waals surface area contributed by atoms with Crippen molar-refractivity contribution in [1.29, 1.82) is 0 Å². The van der Waals surface area contributed by atoms with Gasteiger partial charge in [-0.25, -0.2) is 0 Å². The summed E-state index contributed by atoms with van der Waals surface area (Å²) in [7, 11) is 0. The van der Waals surface area contributed by atoms with Gasteiger partial charge in [-0.3, -0.25) is 0 Å². The van der Waals surface area contributed by atoms with Crippen LogP contribution in [0.5, 0.6) is 0 Å². The van der Waals surface area contributed by atoms with Crippen molar-refractivity contribution in [2.45, 2.75) is 88.9 Å². The molecule has 0 atom stereocenters. The molecule has 12 rings (SSSR count). The summed E-state index contributed by atoms with van der Waals surface area (Å²) in [4.78, 5) is 2.68. The summed E-state index contributed by atoms with van der Waals surface area (Å²) in [6.45, 7) is 9.89. The fourth-order valence-corrected chi connectivity index (χ4v) is 12.9. The average molecular weight is 716 g/mol. The van der Waals surface area contributed by atoms with Gasteiger partial charge in [-0.1, -0.05) is 137 Å². The lowest BCUT2D eigenvalue weighted by atomic mass is 9.43. The highest BCUT2D eigenvalue weighted by Gasteiger charge is 2.62. The molecule has 0 unspecified atom stereocenters. The van der Waals surface area contributed by atoms with Crippen molar-refractivity contribution in [1.82, 2.24) is 0 Å². The Balaban J connectivity index is 1.18. The van der Waals surface area contributed by atoms with Crippen LogP contribution in [-0.2, 0) is 16.2 Å². The van der Waals surface area contributed by atoms with Crippen molar-refractivity contribution in [3.05, 3.63) is 162 Å². The molecule has 0 aromatic heterocycles. The lowest BCUT2D eigenvalue weighted by Crippen LogP contribution is -2.55. The number of hydrogen-bond acceptors (Lipinski definition) is 1. The number of anilines is 3. The molecule has 6 aromatic rings. The first-order valence-corrected chi connectivity index (χ1v) is 21.2. The summed E-state index contributed by atoms with van der Waals surface area (Å²) in [6.07, 6.45) is 9.37. The van der Waals surface area contributed by atoms with Crippen LogP contribution >= 0.6 is 0 Å². The minimum absolute atomic E-state index is 0.0484. The Bertz CT molecular complexity index is 2400. The third kappa shape index (κ3) is 4.90. The first kappa shape index (κ1) is 33.5. The van der Waals surface area contributed by atoms with Crippen LogP contribution in [-0.4, -0.2) is 0 Å². The molecular formula is C54H53N. The standard InChI is InChI=1S/C54H53N/c1-52(2)27-28-53(3,4)51-46(52)18-12-20-49(51)55(43-24-21-39(22-25-43)37-13-7-5-8-14-37)48-19-11-17-45-50(48)44-26-23-40(38-15-9-6-10-16-38)34-47(44)54(45)41-30-35-29-36(32-41)33-42(54)31-35/h5-26,34-36,41-42H,27-33H2,1-4H3. The first-order chi connectivity index (χ1) is 26.7. The second kappa shape index (κ2) is 12.1. The molecule has 0 radical (unpaired) electrons. The van der Waals surface area contributed by atoms with E-state index in [-0.39, 0.29) is 16.2 Å². The van der Waals surface area contributed by atoms with Gasteiger partial charge in [-0.05, 0) is 160 Å². The zero-order valence-corrected chi connectivity index (χ0v) is 33.0. The minimum Gasteiger partial charge on any atom is -0.310 e. The Labute approximate surface area is 328 Å². The normalized spacial score (nSPS) is 26.0. The van der Waals surface area contributed by atoms with Gasteiger partial charge in [0.15, 0.2) is 0 Å². The van der Waals surface area contributed by atoms with Crippen LogP contribution in [0.3, 0.4) is 0 Å². The SMILES string of the molecule is CC1(C)CCC(C)(C)c2c(N(c3ccc(-c4ccccc4)cc3)c3cccc4c3-c3ccc(-c5ccccc5)cc3C43C4CC5CC(C4)CC3C5)cccc21. The zero-order valence-electron chi connectivity index (χ0n) is 33.0. The highest BCUT2D eigenvalue weighted by molar-refractivity contribution is 5.97. The van der Waals surface area contributed by atoms with Gasteiger partial charge in [0.2, 0.25) is 0 Å². The average Bonchev–Trinajstić information content (AvgIpc) is 3.50. The zero-order chi connectivity index (χ0) is 37.1. The third-order valence-corrected chi connectivity index (χ3v) is 15.3. The number of rotatable bonds is 5. The minimum atomic E-state index is 0.0484. The highest BCUT2D eigenvalue weighted by Crippen LogP contribution is 2.71. The van der Waals surface area contributed by atoms with E-state index in [2.05, 4.69) is 172 Å². The molecule has 0 N–H and O–H groups in total. The van der Waals surface area contributed by atoms with Crippen LogP contribution in [0.25, 0.3) is 33.4 Å². The van der Waals surface area contributed by atoms with Gasteiger partial charge >= 0.3 is 0 Å². The second-order valence-corrected chi connectivity index (χ2v) is 19.2. The summed E-state index contributed by atoms with van der Waals surface area (Å²) < 4.78 is 0. The molecule has 4 saturated carbocycles. The Kier molecular flexibility index (Phi) is 7.34. The van der Waals surface area contributed by atoms with Crippen LogP contribution in [0.1, 0.15) is 94.9 Å². The maximum atomic E-state index is 2.68. The van der Waals surface area contributed by atoms with E-state index in [9.17, 15) is 0 Å². The fraction of sp³-hybridized carbons (Fsp3) is 0.333. The molecule has 1 heteroatoms. The van der Waals surface area contributed by atoms with Crippen molar-refractivity contribution in [2.75, 3.05) is 4.90 Å². The molecule has 0 aliphatic heterocycles. The fourth-order valence-electron chi connectivity index (χ4n) is 12.9. The molecule has 0 amide bonds. The van der Waals surface area contributed by atoms with E-state index in [1.165, 1.54) is 107 Å². The van der Waals surface area contributed by atoms with E-state index in [1.54, 1.807) is 11.1 Å². The summed E-state index contributed by atoms with van der Waals surface area (Å²) in [5, 5.41) is 0. The molecule has 4 bridgehead atoms. The van der Waals surface area contributed by atoms with Gasteiger partial charge in [-0.2, -0.15) is 0 Å². The van der Waals surface area contributed by atoms with Crippen molar-refractivity contribution in [3.63, 3.8) is 0 Å². The van der Waals surface area contributed by atoms with E-state index in [0.29, 0.717) is 11.8 Å². The quantitative estimate of drug-likeness (QED) is 0.172. The third-order valence-electron chi connectivity index (χ3n) is 15.3. The van der Waals surface area contributed by atoms with E-state index in [0.717, 1.165) is 11.8 Å². The van der Waals surface area contributed by atoms with E-state index < -0.39 is 0 Å². The maximum absolute atomic E-state index is 2.68. The molecule has 55 heavy (non-hydrogen) atoms. The summed E-state index contributed by atoms with van der Waals surface area (Å²) in [5.74, 6) is 3.21. The van der Waals surface area contributed by atoms with E-state index in [1.807, 2.05) is 0 Å². The van der Waals surface area contributed by atoms with E-state index >= 15 is 0 Å². The van der Waals surface area contributed by atoms with Crippen molar-refractivity contribution in [3.8, 4) is 33.4 Å². The van der Waals surface area contributed by atoms with Crippen LogP contribution in [0.15, 0.2) is 140 Å². The molecule has 6 aromatic carbocycles. The number of benzene rings is 6. The van der Waals surface area contributed by atoms with Gasteiger partial charge in [0.25, 0.3) is 0 Å². The van der Waals surface area contributed by atoms with Crippen LogP contribution in [0.2, 0.25) is 0 Å². The topological polar surface area (TPSA) is 3.24 Å². The molecule has 6 aliphatic rings. The van der Waals surface area contributed by atoms with Gasteiger partial charge in [0.1, 0.15) is 0 Å². The molecule has 6 aliphatic carbocycles. The largest absolute Gasteiger partial charge is 0.310 e. The lowest BCUT2D eigenvalue weighted by Gasteiger charge is -2.61. The molecule has 1 spiro atoms. The number of fused-ring (bicyclic) bond motifs is 4. The van der Waals surface area contributed by atoms with Gasteiger partial charge in [-0.15, -0.1) is 0 Å². The van der Waals surface area contributed by atoms with Crippen molar-refractivity contribution < 1.29 is 0 Å². The van der Waals surface area contributed by atoms with E-state index in [4.69, 9.17) is 0 Å². The molecule has 274 valence electrons. The Hall–Kier alpha value is -4.88. The smallest absolute Gasteiger partial charge is 0.0543 e. The van der Waals surface area contributed by atoms with Gasteiger partial charge < -0.3 is 4.90 Å². The molecule has 0 saturated heterocycles. The van der Waals surface area contributed by atoms with Crippen LogP contribution in [0, 0.1) is 23.7 Å². The summed E-state index contributed by atoms with van der Waals surface area (Å²) in [6, 6.07) is 53.6. The van der Waals surface area contributed by atoms with Crippen molar-refractivity contribution in [2.24, 2.45) is 23.7 Å². The molecule has 0 heterocycles. The molecular weight excluding hydrogens is 663 g/mol. The molecule has 1 nitrogen and oxygen atoms in total. The second-order valence-electron chi connectivity index (χ2n) is 19.2. The summed E-state index contributed by atoms with van der Waals surface area (Å²) >= 11 is 0. The van der Waals surface area contributed by atoms with Crippen molar-refractivity contribution >= 4 is 17.1 Å². The predicted octanol–water partition coefficient (Wildman–Crippen LogP) is 14.6. The Morgan fingerprint density at radius 1 is 0.455 bits per heavy atom. The Morgan fingerprint density at radius 3 is 1.65 bits per heavy atom. The maximum Gasteiger partial charge on any atom is 0.0543 e. The highest BCUT2D eigenvalue weighted by atomic mass is 15.1. The summed E-state index contributed by atoms with van der Waals surface area (Å²) in [5.41, 5.74) is 18.5. The molecule has 4 fully saturated rings.